The normalized spacial score (nSPS) is 12.0. The minimum Gasteiger partial charge on any atom is -0.478 e. The van der Waals surface area contributed by atoms with E-state index in [0.29, 0.717) is 11.4 Å². The van der Waals surface area contributed by atoms with Gasteiger partial charge >= 0.3 is 11.9 Å². The van der Waals surface area contributed by atoms with Crippen LogP contribution in [-0.4, -0.2) is 42.1 Å². The largest absolute Gasteiger partial charge is 0.478 e. The number of H-pyrrole nitrogens is 2. The fourth-order valence-electron chi connectivity index (χ4n) is 9.35. The van der Waals surface area contributed by atoms with Crippen LogP contribution in [0.3, 0.4) is 0 Å². The summed E-state index contributed by atoms with van der Waals surface area (Å²) in [5, 5.41) is 28.3. The van der Waals surface area contributed by atoms with Crippen LogP contribution in [0.4, 0.5) is 0 Å². The van der Waals surface area contributed by atoms with Crippen LogP contribution < -0.4 is 0 Å². The Morgan fingerprint density at radius 3 is 1.06 bits per heavy atom. The van der Waals surface area contributed by atoms with Crippen molar-refractivity contribution < 1.29 is 19.8 Å². The van der Waals surface area contributed by atoms with E-state index in [1.165, 1.54) is 9.75 Å². The molecule has 2 aromatic carbocycles. The number of aromatic amines is 2. The molecule has 11 heterocycles. The van der Waals surface area contributed by atoms with Crippen molar-refractivity contribution in [3.63, 3.8) is 0 Å². The van der Waals surface area contributed by atoms with Crippen LogP contribution in [0.15, 0.2) is 155 Å². The highest BCUT2D eigenvalue weighted by Crippen LogP contribution is 2.50. The number of aromatic nitrogens is 4. The Morgan fingerprint density at radius 1 is 0.389 bits per heavy atom. The zero-order valence-corrected chi connectivity index (χ0v) is 42.3. The van der Waals surface area contributed by atoms with E-state index in [2.05, 4.69) is 129 Å². The molecule has 0 spiro atoms. The molecule has 0 unspecified atom stereocenters. The molecule has 2 aliphatic rings. The maximum Gasteiger partial charge on any atom is 0.335 e. The molecule has 0 saturated carbocycles. The fraction of sp³-hybridized carbons (Fsp3) is 0. The highest BCUT2D eigenvalue weighted by Gasteiger charge is 2.25. The van der Waals surface area contributed by atoms with Crippen LogP contribution >= 0.6 is 68.0 Å². The first-order valence-electron chi connectivity index (χ1n) is 22.6. The predicted octanol–water partition coefficient (Wildman–Crippen LogP) is 17.8. The van der Waals surface area contributed by atoms with E-state index in [4.69, 9.17) is 9.97 Å². The number of carbonyl (C=O) groups is 2. The number of aromatic carboxylic acids is 2. The highest BCUT2D eigenvalue weighted by molar-refractivity contribution is 7.27. The van der Waals surface area contributed by atoms with Crippen molar-refractivity contribution in [3.8, 4) is 83.5 Å². The molecule has 14 heteroatoms. The number of carboxylic acids is 2. The molecular weight excluding hydrogens is 1010 g/mol. The molecule has 8 nitrogen and oxygen atoms in total. The molecule has 8 bridgehead atoms. The number of carboxylic acid groups (broad SMARTS) is 2. The second-order valence-electron chi connectivity index (χ2n) is 16.9. The lowest BCUT2D eigenvalue weighted by atomic mass is 10.0. The number of hydrogen-bond acceptors (Lipinski definition) is 10. The molecule has 0 amide bonds. The Morgan fingerprint density at radius 2 is 0.722 bits per heavy atom. The van der Waals surface area contributed by atoms with E-state index in [9.17, 15) is 19.8 Å². The van der Waals surface area contributed by atoms with Crippen molar-refractivity contribution in [1.29, 1.82) is 0 Å². The van der Waals surface area contributed by atoms with Gasteiger partial charge in [-0.25, -0.2) is 19.6 Å². The van der Waals surface area contributed by atoms with E-state index in [1.54, 1.807) is 92.3 Å². The third-order valence-electron chi connectivity index (χ3n) is 12.6. The van der Waals surface area contributed by atoms with Crippen molar-refractivity contribution in [2.24, 2.45) is 0 Å². The van der Waals surface area contributed by atoms with Crippen molar-refractivity contribution in [2.45, 2.75) is 0 Å². The molecule has 72 heavy (non-hydrogen) atoms. The molecule has 4 N–H and O–H groups in total. The summed E-state index contributed by atoms with van der Waals surface area (Å²) in [6.45, 7) is 0. The Kier molecular flexibility index (Phi) is 11.1. The second kappa shape index (κ2) is 18.1. The maximum atomic E-state index is 12.2. The highest BCUT2D eigenvalue weighted by atomic mass is 32.1. The first-order valence-corrected chi connectivity index (χ1v) is 27.7. The summed E-state index contributed by atoms with van der Waals surface area (Å²) in [7, 11) is 0. The zero-order chi connectivity index (χ0) is 48.5. The molecule has 0 aliphatic carbocycles. The molecule has 0 radical (unpaired) electrons. The monoisotopic (exact) mass is 1040 g/mol. The predicted molar refractivity (Wildman–Crippen MR) is 304 cm³/mol. The number of benzene rings is 2. The lowest BCUT2D eigenvalue weighted by Crippen LogP contribution is -1.95. The topological polar surface area (TPSA) is 132 Å². The van der Waals surface area contributed by atoms with E-state index < -0.39 is 11.9 Å². The van der Waals surface area contributed by atoms with Gasteiger partial charge in [0.2, 0.25) is 0 Å². The summed E-state index contributed by atoms with van der Waals surface area (Å²) in [6, 6.07) is 43.8. The quantitative estimate of drug-likeness (QED) is 0.108. The van der Waals surface area contributed by atoms with E-state index in [0.717, 1.165) is 107 Å². The molecule has 9 aromatic heterocycles. The SMILES string of the molecule is O=C(O)c1ccc(-c2c3nc(c(-c4cc(-c5cccs5)sc4-c4cccs4)c4ccc([nH]4)c(-c4ccc(C(=O)O)cc4)c4nc(c(-c5cc(-c6cccs6)sc5-c5cccs5)c5ccc2[nH]5)C=C4)C=C3)cc1. The van der Waals surface area contributed by atoms with Gasteiger partial charge in [0.25, 0.3) is 0 Å². The zero-order valence-electron chi connectivity index (χ0n) is 37.4. The number of thiophene rings is 6. The average Bonchev–Trinajstić information content (AvgIpc) is 4.21. The van der Waals surface area contributed by atoms with E-state index in [1.807, 2.05) is 36.4 Å². The lowest BCUT2D eigenvalue weighted by molar-refractivity contribution is 0.0686. The minimum atomic E-state index is -0.998. The van der Waals surface area contributed by atoms with Crippen molar-refractivity contribution in [3.05, 3.63) is 189 Å². The molecular formula is C58H34N4O4S6. The first kappa shape index (κ1) is 44.1. The van der Waals surface area contributed by atoms with Gasteiger partial charge in [-0.1, -0.05) is 48.5 Å². The van der Waals surface area contributed by atoms with E-state index >= 15 is 0 Å². The third kappa shape index (κ3) is 7.85. The Labute approximate surface area is 435 Å². The maximum absolute atomic E-state index is 12.2. The Hall–Kier alpha value is -7.82. The Bertz CT molecular complexity index is 3860. The van der Waals surface area contributed by atoms with Crippen LogP contribution in [-0.2, 0) is 0 Å². The number of nitrogens with one attached hydrogen (secondary N) is 2. The summed E-state index contributed by atoms with van der Waals surface area (Å²) >= 11 is 10.3. The van der Waals surface area contributed by atoms with Crippen LogP contribution in [0.2, 0.25) is 0 Å². The van der Waals surface area contributed by atoms with E-state index in [-0.39, 0.29) is 11.1 Å². The van der Waals surface area contributed by atoms with Crippen LogP contribution in [0.1, 0.15) is 43.5 Å². The summed E-state index contributed by atoms with van der Waals surface area (Å²) < 4.78 is 0. The van der Waals surface area contributed by atoms with Crippen LogP contribution in [0.25, 0.3) is 130 Å². The summed E-state index contributed by atoms with van der Waals surface area (Å²) in [5.74, 6) is -2.00. The molecule has 346 valence electrons. The molecule has 2 aliphatic heterocycles. The van der Waals surface area contributed by atoms with Crippen molar-refractivity contribution >= 4 is 126 Å². The smallest absolute Gasteiger partial charge is 0.335 e. The van der Waals surface area contributed by atoms with Gasteiger partial charge < -0.3 is 20.2 Å². The standard InChI is InChI=1S/C58H34N4O4S6/c63-57(64)33-13-9-31(10-14-33)51-37-17-21-41(59-37)53(35-29-49(45-5-1-25-67-45)71-55(35)47-7-3-27-69-47)42-22-18-38(60-42)52(32-11-15-34(16-12-32)58(65)66)40-20-24-44(62-40)54(43-23-19-39(51)61-43)36-30-50(46-6-2-26-68-46)72-56(36)48-8-4-28-70-48/h1-30,59,62H,(H,63,64)(H,65,66). The molecule has 0 atom stereocenters. The molecule has 13 rings (SSSR count). The van der Waals surface area contributed by atoms with Gasteiger partial charge in [-0.3, -0.25) is 0 Å². The first-order chi connectivity index (χ1) is 35.3. The average molecular weight is 1040 g/mol. The van der Waals surface area contributed by atoms with Crippen LogP contribution in [0.5, 0.6) is 0 Å². The molecule has 0 fully saturated rings. The number of fused-ring (bicyclic) bond motifs is 8. The molecule has 11 aromatic rings. The van der Waals surface area contributed by atoms with Gasteiger partial charge in [0, 0.05) is 84.7 Å². The van der Waals surface area contributed by atoms with Gasteiger partial charge in [0.1, 0.15) is 0 Å². The van der Waals surface area contributed by atoms with Crippen molar-refractivity contribution in [1.82, 2.24) is 19.9 Å². The van der Waals surface area contributed by atoms with Gasteiger partial charge in [-0.2, -0.15) is 0 Å². The van der Waals surface area contributed by atoms with Gasteiger partial charge in [-0.15, -0.1) is 68.0 Å². The minimum absolute atomic E-state index is 0.192. The fourth-order valence-corrected chi connectivity index (χ4v) is 15.1. The third-order valence-corrected chi connectivity index (χ3v) is 19.1. The second-order valence-corrected chi connectivity index (χ2v) is 22.8. The Balaban J connectivity index is 1.18. The number of hydrogen-bond donors (Lipinski definition) is 4. The number of nitrogens with zero attached hydrogens (tertiary/aromatic N) is 2. The molecule has 0 saturated heterocycles. The lowest BCUT2D eigenvalue weighted by Gasteiger charge is -2.08. The van der Waals surface area contributed by atoms with Crippen molar-refractivity contribution in [2.75, 3.05) is 0 Å². The number of rotatable bonds is 10. The van der Waals surface area contributed by atoms with Gasteiger partial charge in [-0.05, 0) is 142 Å². The summed E-state index contributed by atoms with van der Waals surface area (Å²) in [5.41, 5.74) is 13.6. The summed E-state index contributed by atoms with van der Waals surface area (Å²) in [4.78, 5) is 52.3. The van der Waals surface area contributed by atoms with Gasteiger partial charge in [0.05, 0.1) is 43.7 Å². The van der Waals surface area contributed by atoms with Gasteiger partial charge in [0.15, 0.2) is 0 Å². The summed E-state index contributed by atoms with van der Waals surface area (Å²) in [6.07, 6.45) is 8.24. The van der Waals surface area contributed by atoms with Crippen LogP contribution in [0, 0.1) is 0 Å².